The number of fused-ring (bicyclic) bond motifs is 1. The summed E-state index contributed by atoms with van der Waals surface area (Å²) >= 11 is 5.71. The second-order valence-electron chi connectivity index (χ2n) is 4.07. The number of hydrogen-bond donors (Lipinski definition) is 2. The summed E-state index contributed by atoms with van der Waals surface area (Å²) in [5.74, 6) is -0.0880. The zero-order valence-corrected chi connectivity index (χ0v) is 10.0. The highest BCUT2D eigenvalue weighted by Gasteiger charge is 2.17. The van der Waals surface area contributed by atoms with Crippen LogP contribution in [-0.4, -0.2) is 9.97 Å². The van der Waals surface area contributed by atoms with Crippen molar-refractivity contribution in [2.75, 3.05) is 0 Å². The Labute approximate surface area is 107 Å². The van der Waals surface area contributed by atoms with Gasteiger partial charge in [-0.05, 0) is 18.2 Å². The summed E-state index contributed by atoms with van der Waals surface area (Å²) in [5.41, 5.74) is 1.81. The lowest BCUT2D eigenvalue weighted by Crippen LogP contribution is -2.15. The zero-order valence-electron chi connectivity index (χ0n) is 9.26. The van der Waals surface area contributed by atoms with Crippen LogP contribution in [0.1, 0.15) is 11.3 Å². The fraction of sp³-hybridized carbons (Fsp3) is 0.167. The van der Waals surface area contributed by atoms with Crippen molar-refractivity contribution in [3.8, 4) is 11.4 Å². The normalized spacial score (nSPS) is 13.7. The molecule has 2 aromatic rings. The fourth-order valence-electron chi connectivity index (χ4n) is 1.96. The van der Waals surface area contributed by atoms with E-state index in [2.05, 4.69) is 15.3 Å². The predicted molar refractivity (Wildman–Crippen MR) is 65.8 cm³/mol. The summed E-state index contributed by atoms with van der Waals surface area (Å²) in [6, 6.07) is 4.24. The van der Waals surface area contributed by atoms with Crippen LogP contribution in [0.15, 0.2) is 23.0 Å². The molecule has 0 aliphatic carbocycles. The first-order valence-corrected chi connectivity index (χ1v) is 5.81. The number of aromatic nitrogens is 2. The first kappa shape index (κ1) is 11.4. The highest BCUT2D eigenvalue weighted by Crippen LogP contribution is 2.22. The molecule has 2 N–H and O–H groups in total. The van der Waals surface area contributed by atoms with Gasteiger partial charge in [0.15, 0.2) is 0 Å². The largest absolute Gasteiger partial charge is 0.307 e. The van der Waals surface area contributed by atoms with Gasteiger partial charge in [-0.2, -0.15) is 0 Å². The highest BCUT2D eigenvalue weighted by atomic mass is 35.5. The van der Waals surface area contributed by atoms with Crippen LogP contribution in [0.3, 0.4) is 0 Å². The van der Waals surface area contributed by atoms with Crippen molar-refractivity contribution in [2.45, 2.75) is 13.1 Å². The van der Waals surface area contributed by atoms with Crippen molar-refractivity contribution in [1.29, 1.82) is 0 Å². The van der Waals surface area contributed by atoms with Crippen molar-refractivity contribution in [1.82, 2.24) is 15.3 Å². The average Bonchev–Trinajstić information content (AvgIpc) is 2.81. The molecule has 0 spiro atoms. The molecule has 0 atom stereocenters. The smallest absolute Gasteiger partial charge is 0.255 e. The lowest BCUT2D eigenvalue weighted by Gasteiger charge is -2.04. The van der Waals surface area contributed by atoms with Crippen LogP contribution < -0.4 is 10.9 Å². The zero-order chi connectivity index (χ0) is 12.7. The molecule has 2 heterocycles. The van der Waals surface area contributed by atoms with E-state index in [1.54, 1.807) is 0 Å². The van der Waals surface area contributed by atoms with Gasteiger partial charge < -0.3 is 10.3 Å². The molecule has 6 heteroatoms. The van der Waals surface area contributed by atoms with Gasteiger partial charge >= 0.3 is 0 Å². The molecule has 0 fully saturated rings. The van der Waals surface area contributed by atoms with Gasteiger partial charge in [0.25, 0.3) is 5.56 Å². The van der Waals surface area contributed by atoms with Gasteiger partial charge in [-0.25, -0.2) is 9.37 Å². The Kier molecular flexibility index (Phi) is 2.65. The SMILES string of the molecule is O=c1[nH]c(-c2ccc(F)c(Cl)c2)nc2c1CNC2. The molecule has 92 valence electrons. The standard InChI is InChI=1S/C12H9ClFN3O/c13-8-3-6(1-2-9(8)14)11-16-10-5-15-4-7(10)12(18)17-11/h1-3,15H,4-5H2,(H,16,17,18). The van der Waals surface area contributed by atoms with E-state index in [1.165, 1.54) is 18.2 Å². The Morgan fingerprint density at radius 3 is 2.94 bits per heavy atom. The maximum atomic E-state index is 13.1. The second-order valence-corrected chi connectivity index (χ2v) is 4.48. The highest BCUT2D eigenvalue weighted by molar-refractivity contribution is 6.31. The number of nitrogens with zero attached hydrogens (tertiary/aromatic N) is 1. The Bertz CT molecular complexity index is 684. The van der Waals surface area contributed by atoms with Gasteiger partial charge in [0.1, 0.15) is 11.6 Å². The van der Waals surface area contributed by atoms with Gasteiger partial charge in [0, 0.05) is 18.7 Å². The number of hydrogen-bond acceptors (Lipinski definition) is 3. The predicted octanol–water partition coefficient (Wildman–Crippen LogP) is 1.83. The molecule has 0 radical (unpaired) electrons. The summed E-state index contributed by atoms with van der Waals surface area (Å²) in [6.45, 7) is 1.10. The molecule has 4 nitrogen and oxygen atoms in total. The third-order valence-corrected chi connectivity index (χ3v) is 3.18. The fourth-order valence-corrected chi connectivity index (χ4v) is 2.14. The minimum atomic E-state index is -0.495. The quantitative estimate of drug-likeness (QED) is 0.827. The van der Waals surface area contributed by atoms with Crippen molar-refractivity contribution in [3.63, 3.8) is 0 Å². The number of H-pyrrole nitrogens is 1. The van der Waals surface area contributed by atoms with E-state index in [1.807, 2.05) is 0 Å². The molecule has 3 rings (SSSR count). The summed E-state index contributed by atoms with van der Waals surface area (Å²) in [7, 11) is 0. The van der Waals surface area contributed by atoms with Gasteiger partial charge in [0.05, 0.1) is 16.3 Å². The first-order chi connectivity index (χ1) is 8.65. The molecular weight excluding hydrogens is 257 g/mol. The summed E-state index contributed by atoms with van der Waals surface area (Å²) in [4.78, 5) is 18.9. The van der Waals surface area contributed by atoms with Crippen LogP contribution in [0.4, 0.5) is 4.39 Å². The topological polar surface area (TPSA) is 57.8 Å². The maximum absolute atomic E-state index is 13.1. The van der Waals surface area contributed by atoms with E-state index in [9.17, 15) is 9.18 Å². The van der Waals surface area contributed by atoms with Crippen molar-refractivity contribution >= 4 is 11.6 Å². The third-order valence-electron chi connectivity index (χ3n) is 2.89. The Morgan fingerprint density at radius 1 is 1.33 bits per heavy atom. The van der Waals surface area contributed by atoms with Crippen LogP contribution in [0.5, 0.6) is 0 Å². The number of aromatic amines is 1. The Morgan fingerprint density at radius 2 is 2.17 bits per heavy atom. The van der Waals surface area contributed by atoms with Gasteiger partial charge in [-0.15, -0.1) is 0 Å². The molecule has 0 bridgehead atoms. The lowest BCUT2D eigenvalue weighted by molar-refractivity contribution is 0.628. The van der Waals surface area contributed by atoms with Gasteiger partial charge in [-0.3, -0.25) is 4.79 Å². The average molecular weight is 266 g/mol. The van der Waals surface area contributed by atoms with Crippen LogP contribution in [0, 0.1) is 5.82 Å². The summed E-state index contributed by atoms with van der Waals surface area (Å²) in [6.07, 6.45) is 0. The van der Waals surface area contributed by atoms with E-state index in [4.69, 9.17) is 11.6 Å². The van der Waals surface area contributed by atoms with Crippen LogP contribution >= 0.6 is 11.6 Å². The molecule has 0 saturated carbocycles. The van der Waals surface area contributed by atoms with E-state index in [0.29, 0.717) is 30.0 Å². The minimum absolute atomic E-state index is 0.00812. The van der Waals surface area contributed by atoms with Crippen molar-refractivity contribution in [3.05, 3.63) is 50.7 Å². The van der Waals surface area contributed by atoms with E-state index in [-0.39, 0.29) is 10.6 Å². The molecule has 0 amide bonds. The molecule has 1 aliphatic rings. The van der Waals surface area contributed by atoms with Gasteiger partial charge in [0.2, 0.25) is 0 Å². The monoisotopic (exact) mass is 265 g/mol. The number of rotatable bonds is 1. The summed E-state index contributed by atoms with van der Waals surface area (Å²) < 4.78 is 13.1. The van der Waals surface area contributed by atoms with Gasteiger partial charge in [-0.1, -0.05) is 11.6 Å². The van der Waals surface area contributed by atoms with Crippen LogP contribution in [0.25, 0.3) is 11.4 Å². The molecule has 1 aliphatic heterocycles. The Hall–Kier alpha value is -1.72. The number of halogens is 2. The van der Waals surface area contributed by atoms with Crippen LogP contribution in [0.2, 0.25) is 5.02 Å². The minimum Gasteiger partial charge on any atom is -0.307 e. The van der Waals surface area contributed by atoms with Crippen LogP contribution in [-0.2, 0) is 13.1 Å². The lowest BCUT2D eigenvalue weighted by atomic mass is 10.2. The Balaban J connectivity index is 2.15. The van der Waals surface area contributed by atoms with Crippen molar-refractivity contribution < 1.29 is 4.39 Å². The summed E-state index contributed by atoms with van der Waals surface area (Å²) in [5, 5.41) is 3.07. The third kappa shape index (κ3) is 1.81. The van der Waals surface area contributed by atoms with Crippen molar-refractivity contribution in [2.24, 2.45) is 0 Å². The molecule has 1 aromatic heterocycles. The van der Waals surface area contributed by atoms with E-state index < -0.39 is 5.82 Å². The number of benzene rings is 1. The molecular formula is C12H9ClFN3O. The maximum Gasteiger partial charge on any atom is 0.255 e. The van der Waals surface area contributed by atoms with E-state index in [0.717, 1.165) is 5.69 Å². The molecule has 0 unspecified atom stereocenters. The van der Waals surface area contributed by atoms with E-state index >= 15 is 0 Å². The second kappa shape index (κ2) is 4.19. The number of nitrogens with one attached hydrogen (secondary N) is 2. The first-order valence-electron chi connectivity index (χ1n) is 5.43. The molecule has 1 aromatic carbocycles. The molecule has 18 heavy (non-hydrogen) atoms. The molecule has 0 saturated heterocycles.